The SMILES string of the molecule is CCc1cc(CC2(CN)CCCS2)n(C)n1. The largest absolute Gasteiger partial charge is 0.329 e. The van der Waals surface area contributed by atoms with Crippen LogP contribution in [0.1, 0.15) is 31.2 Å². The highest BCUT2D eigenvalue weighted by atomic mass is 32.2. The third kappa shape index (κ3) is 2.28. The molecule has 0 bridgehead atoms. The van der Waals surface area contributed by atoms with Crippen molar-refractivity contribution in [3.8, 4) is 0 Å². The van der Waals surface area contributed by atoms with Crippen LogP contribution in [0.25, 0.3) is 0 Å². The van der Waals surface area contributed by atoms with Crippen LogP contribution in [-0.2, 0) is 19.9 Å². The van der Waals surface area contributed by atoms with Gasteiger partial charge in [0, 0.05) is 30.5 Å². The van der Waals surface area contributed by atoms with Crippen LogP contribution in [0.3, 0.4) is 0 Å². The van der Waals surface area contributed by atoms with Crippen molar-refractivity contribution in [2.24, 2.45) is 12.8 Å². The van der Waals surface area contributed by atoms with Crippen molar-refractivity contribution in [3.63, 3.8) is 0 Å². The van der Waals surface area contributed by atoms with Gasteiger partial charge in [0.05, 0.1) is 5.69 Å². The zero-order valence-corrected chi connectivity index (χ0v) is 11.0. The van der Waals surface area contributed by atoms with Crippen molar-refractivity contribution >= 4 is 11.8 Å². The molecule has 16 heavy (non-hydrogen) atoms. The van der Waals surface area contributed by atoms with Crippen LogP contribution in [-0.4, -0.2) is 26.8 Å². The van der Waals surface area contributed by atoms with Gasteiger partial charge in [-0.3, -0.25) is 4.68 Å². The number of thioether (sulfide) groups is 1. The van der Waals surface area contributed by atoms with Crippen LogP contribution in [0.2, 0.25) is 0 Å². The van der Waals surface area contributed by atoms with E-state index in [2.05, 4.69) is 18.1 Å². The summed E-state index contributed by atoms with van der Waals surface area (Å²) in [6.07, 6.45) is 4.63. The molecule has 3 nitrogen and oxygen atoms in total. The first-order chi connectivity index (χ1) is 7.69. The molecule has 2 heterocycles. The molecule has 90 valence electrons. The molecule has 0 saturated carbocycles. The summed E-state index contributed by atoms with van der Waals surface area (Å²) in [5.74, 6) is 1.26. The molecule has 1 aliphatic heterocycles. The van der Waals surface area contributed by atoms with Gasteiger partial charge in [-0.1, -0.05) is 6.92 Å². The van der Waals surface area contributed by atoms with E-state index in [0.717, 1.165) is 19.4 Å². The van der Waals surface area contributed by atoms with Gasteiger partial charge in [0.25, 0.3) is 0 Å². The van der Waals surface area contributed by atoms with E-state index >= 15 is 0 Å². The van der Waals surface area contributed by atoms with Crippen LogP contribution >= 0.6 is 11.8 Å². The fourth-order valence-corrected chi connectivity index (χ4v) is 3.75. The number of rotatable bonds is 4. The second kappa shape index (κ2) is 4.80. The molecular weight excluding hydrogens is 218 g/mol. The fraction of sp³-hybridized carbons (Fsp3) is 0.750. The lowest BCUT2D eigenvalue weighted by molar-refractivity contribution is 0.540. The maximum atomic E-state index is 5.96. The summed E-state index contributed by atoms with van der Waals surface area (Å²) in [6, 6.07) is 2.23. The predicted molar refractivity (Wildman–Crippen MR) is 69.8 cm³/mol. The first kappa shape index (κ1) is 12.0. The lowest BCUT2D eigenvalue weighted by atomic mass is 9.97. The van der Waals surface area contributed by atoms with E-state index < -0.39 is 0 Å². The Morgan fingerprint density at radius 2 is 2.44 bits per heavy atom. The van der Waals surface area contributed by atoms with E-state index in [9.17, 15) is 0 Å². The van der Waals surface area contributed by atoms with Crippen molar-refractivity contribution < 1.29 is 0 Å². The van der Waals surface area contributed by atoms with Gasteiger partial charge in [-0.05, 0) is 31.1 Å². The van der Waals surface area contributed by atoms with Gasteiger partial charge in [0.2, 0.25) is 0 Å². The Bertz CT molecular complexity index is 353. The molecule has 2 N–H and O–H groups in total. The minimum atomic E-state index is 0.277. The molecule has 1 aromatic heterocycles. The van der Waals surface area contributed by atoms with Crippen molar-refractivity contribution in [1.82, 2.24) is 9.78 Å². The summed E-state index contributed by atoms with van der Waals surface area (Å²) in [4.78, 5) is 0. The molecule has 0 spiro atoms. The van der Waals surface area contributed by atoms with E-state index in [4.69, 9.17) is 5.73 Å². The van der Waals surface area contributed by atoms with E-state index in [1.807, 2.05) is 23.5 Å². The summed E-state index contributed by atoms with van der Waals surface area (Å²) in [6.45, 7) is 2.93. The predicted octanol–water partition coefficient (Wildman–Crippen LogP) is 1.75. The number of aromatic nitrogens is 2. The normalized spacial score (nSPS) is 25.2. The van der Waals surface area contributed by atoms with Crippen LogP contribution in [0.15, 0.2) is 6.07 Å². The minimum absolute atomic E-state index is 0.277. The number of hydrogen-bond donors (Lipinski definition) is 1. The minimum Gasteiger partial charge on any atom is -0.329 e. The fourth-order valence-electron chi connectivity index (χ4n) is 2.37. The maximum absolute atomic E-state index is 5.96. The van der Waals surface area contributed by atoms with E-state index in [-0.39, 0.29) is 4.75 Å². The van der Waals surface area contributed by atoms with Gasteiger partial charge in [-0.2, -0.15) is 16.9 Å². The summed E-state index contributed by atoms with van der Waals surface area (Å²) < 4.78 is 2.30. The van der Waals surface area contributed by atoms with Crippen LogP contribution in [0, 0.1) is 0 Å². The molecule has 1 aliphatic rings. The Hall–Kier alpha value is -0.480. The Morgan fingerprint density at radius 1 is 1.62 bits per heavy atom. The molecule has 0 radical (unpaired) electrons. The standard InChI is InChI=1S/C12H21N3S/c1-3-10-7-11(15(2)14-10)8-12(9-13)5-4-6-16-12/h7H,3-6,8-9,13H2,1-2H3. The topological polar surface area (TPSA) is 43.8 Å². The molecule has 1 aromatic rings. The zero-order valence-electron chi connectivity index (χ0n) is 10.2. The Kier molecular flexibility index (Phi) is 3.60. The number of hydrogen-bond acceptors (Lipinski definition) is 3. The molecule has 4 heteroatoms. The maximum Gasteiger partial charge on any atom is 0.0624 e. The third-order valence-electron chi connectivity index (χ3n) is 3.45. The van der Waals surface area contributed by atoms with Crippen molar-refractivity contribution in [2.45, 2.75) is 37.4 Å². The number of aryl methyl sites for hydroxylation is 2. The smallest absolute Gasteiger partial charge is 0.0624 e. The molecule has 2 rings (SSSR count). The highest BCUT2D eigenvalue weighted by molar-refractivity contribution is 8.00. The number of nitrogens with two attached hydrogens (primary N) is 1. The molecule has 1 saturated heterocycles. The van der Waals surface area contributed by atoms with Crippen LogP contribution in [0.5, 0.6) is 0 Å². The first-order valence-electron chi connectivity index (χ1n) is 6.05. The second-order valence-electron chi connectivity index (χ2n) is 4.62. The van der Waals surface area contributed by atoms with Gasteiger partial charge in [0.15, 0.2) is 0 Å². The van der Waals surface area contributed by atoms with Gasteiger partial charge in [-0.15, -0.1) is 0 Å². The summed E-state index contributed by atoms with van der Waals surface area (Å²) in [5.41, 5.74) is 8.47. The molecule has 1 fully saturated rings. The van der Waals surface area contributed by atoms with E-state index in [0.29, 0.717) is 0 Å². The van der Waals surface area contributed by atoms with Gasteiger partial charge < -0.3 is 5.73 Å². The quantitative estimate of drug-likeness (QED) is 0.870. The molecule has 1 atom stereocenters. The molecule has 0 aromatic carbocycles. The average Bonchev–Trinajstić information content (AvgIpc) is 2.88. The second-order valence-corrected chi connectivity index (χ2v) is 6.18. The van der Waals surface area contributed by atoms with E-state index in [1.165, 1.54) is 30.0 Å². The van der Waals surface area contributed by atoms with Gasteiger partial charge in [0.1, 0.15) is 0 Å². The average molecular weight is 239 g/mol. The summed E-state index contributed by atoms with van der Waals surface area (Å²) >= 11 is 2.04. The van der Waals surface area contributed by atoms with Crippen molar-refractivity contribution in [3.05, 3.63) is 17.5 Å². The van der Waals surface area contributed by atoms with Gasteiger partial charge in [-0.25, -0.2) is 0 Å². The van der Waals surface area contributed by atoms with Crippen LogP contribution in [0.4, 0.5) is 0 Å². The van der Waals surface area contributed by atoms with Crippen molar-refractivity contribution in [1.29, 1.82) is 0 Å². The third-order valence-corrected chi connectivity index (χ3v) is 5.07. The van der Waals surface area contributed by atoms with Crippen molar-refractivity contribution in [2.75, 3.05) is 12.3 Å². The lowest BCUT2D eigenvalue weighted by Gasteiger charge is -2.26. The van der Waals surface area contributed by atoms with Crippen LogP contribution < -0.4 is 5.73 Å². The van der Waals surface area contributed by atoms with Gasteiger partial charge >= 0.3 is 0 Å². The lowest BCUT2D eigenvalue weighted by Crippen LogP contribution is -2.34. The zero-order chi connectivity index (χ0) is 11.6. The summed E-state index contributed by atoms with van der Waals surface area (Å²) in [5, 5.41) is 4.50. The Labute approximate surface area is 102 Å². The molecule has 0 amide bonds. The van der Waals surface area contributed by atoms with E-state index in [1.54, 1.807) is 0 Å². The number of nitrogens with zero attached hydrogens (tertiary/aromatic N) is 2. The molecule has 0 aliphatic carbocycles. The highest BCUT2D eigenvalue weighted by Gasteiger charge is 2.34. The molecule has 1 unspecified atom stereocenters. The monoisotopic (exact) mass is 239 g/mol. The highest BCUT2D eigenvalue weighted by Crippen LogP contribution is 2.39. The Balaban J connectivity index is 2.15. The summed E-state index contributed by atoms with van der Waals surface area (Å²) in [7, 11) is 2.04. The first-order valence-corrected chi connectivity index (χ1v) is 7.03. The molecular formula is C12H21N3S. The Morgan fingerprint density at radius 3 is 2.94 bits per heavy atom.